The Balaban J connectivity index is 2.07. The summed E-state index contributed by atoms with van der Waals surface area (Å²) in [5.41, 5.74) is 0.815. The molecule has 0 spiro atoms. The minimum atomic E-state index is -0.523. The molecule has 0 bridgehead atoms. The minimum Gasteiger partial charge on any atom is -0.464 e. The highest BCUT2D eigenvalue weighted by molar-refractivity contribution is 5.88. The van der Waals surface area contributed by atoms with Gasteiger partial charge in [0.1, 0.15) is 6.54 Å². The number of carbonyl (C=O) groups excluding carboxylic acids is 2. The van der Waals surface area contributed by atoms with Gasteiger partial charge in [-0.15, -0.1) is 5.10 Å². The smallest absolute Gasteiger partial charge is 0.360 e. The van der Waals surface area contributed by atoms with Crippen molar-refractivity contribution < 1.29 is 14.3 Å². The van der Waals surface area contributed by atoms with Gasteiger partial charge in [-0.1, -0.05) is 12.1 Å². The lowest BCUT2D eigenvalue weighted by molar-refractivity contribution is -0.133. The number of hydrogen-bond donors (Lipinski definition) is 0. The van der Waals surface area contributed by atoms with Crippen LogP contribution in [0, 0.1) is 0 Å². The Labute approximate surface area is 123 Å². The molecule has 2 rings (SSSR count). The fourth-order valence-electron chi connectivity index (χ4n) is 2.35. The molecule has 0 atom stereocenters. The highest BCUT2D eigenvalue weighted by atomic mass is 16.5. The zero-order valence-electron chi connectivity index (χ0n) is 12.7. The lowest BCUT2D eigenvalue weighted by Gasteiger charge is -2.32. The van der Waals surface area contributed by atoms with Gasteiger partial charge in [0.15, 0.2) is 5.69 Å². The third-order valence-corrected chi connectivity index (χ3v) is 3.69. The van der Waals surface area contributed by atoms with E-state index in [9.17, 15) is 9.59 Å². The maximum atomic E-state index is 12.3. The molecule has 2 heterocycles. The lowest BCUT2D eigenvalue weighted by Crippen LogP contribution is -2.48. The molecule has 1 aromatic rings. The predicted octanol–water partition coefficient (Wildman–Crippen LogP) is -0.599. The van der Waals surface area contributed by atoms with Crippen LogP contribution in [0.5, 0.6) is 0 Å². The zero-order valence-corrected chi connectivity index (χ0v) is 12.7. The van der Waals surface area contributed by atoms with Gasteiger partial charge in [-0.2, -0.15) is 0 Å². The van der Waals surface area contributed by atoms with Crippen molar-refractivity contribution in [1.82, 2.24) is 24.8 Å². The molecule has 1 aliphatic rings. The van der Waals surface area contributed by atoms with E-state index < -0.39 is 5.97 Å². The van der Waals surface area contributed by atoms with Crippen LogP contribution in [0.4, 0.5) is 0 Å². The molecule has 1 fully saturated rings. The lowest BCUT2D eigenvalue weighted by atomic mass is 10.2. The van der Waals surface area contributed by atoms with E-state index in [0.717, 1.165) is 26.2 Å². The Morgan fingerprint density at radius 1 is 1.24 bits per heavy atom. The van der Waals surface area contributed by atoms with Gasteiger partial charge >= 0.3 is 5.97 Å². The SMILES string of the molecule is CCc1c(C(=O)OC)nnn1CC(=O)N1CCN(C)CC1. The number of amides is 1. The Kier molecular flexibility index (Phi) is 4.89. The van der Waals surface area contributed by atoms with Crippen molar-refractivity contribution in [3.63, 3.8) is 0 Å². The van der Waals surface area contributed by atoms with Gasteiger partial charge < -0.3 is 14.5 Å². The number of likely N-dealkylation sites (N-methyl/N-ethyl adjacent to an activating group) is 1. The minimum absolute atomic E-state index is 0.000819. The van der Waals surface area contributed by atoms with E-state index in [-0.39, 0.29) is 18.1 Å². The van der Waals surface area contributed by atoms with E-state index in [1.54, 1.807) is 0 Å². The quantitative estimate of drug-likeness (QED) is 0.690. The van der Waals surface area contributed by atoms with Crippen LogP contribution in [-0.2, 0) is 22.5 Å². The molecule has 1 aliphatic heterocycles. The Hall–Kier alpha value is -1.96. The molecular formula is C13H21N5O3. The van der Waals surface area contributed by atoms with Crippen molar-refractivity contribution in [1.29, 1.82) is 0 Å². The summed E-state index contributed by atoms with van der Waals surface area (Å²) in [4.78, 5) is 27.9. The molecule has 0 unspecified atom stereocenters. The van der Waals surface area contributed by atoms with Crippen LogP contribution in [0.2, 0.25) is 0 Å². The summed E-state index contributed by atoms with van der Waals surface area (Å²) < 4.78 is 6.16. The van der Waals surface area contributed by atoms with Crippen molar-refractivity contribution in [3.05, 3.63) is 11.4 Å². The summed E-state index contributed by atoms with van der Waals surface area (Å²) in [6.07, 6.45) is 0.563. The third kappa shape index (κ3) is 3.38. The van der Waals surface area contributed by atoms with Crippen molar-refractivity contribution in [2.45, 2.75) is 19.9 Å². The van der Waals surface area contributed by atoms with Crippen molar-refractivity contribution >= 4 is 11.9 Å². The number of carbonyl (C=O) groups is 2. The number of esters is 1. The first kappa shape index (κ1) is 15.4. The van der Waals surface area contributed by atoms with Gasteiger partial charge in [-0.05, 0) is 13.5 Å². The van der Waals surface area contributed by atoms with Crippen LogP contribution in [0.15, 0.2) is 0 Å². The van der Waals surface area contributed by atoms with Gasteiger partial charge in [-0.25, -0.2) is 9.48 Å². The second-order valence-electron chi connectivity index (χ2n) is 5.07. The van der Waals surface area contributed by atoms with E-state index in [1.807, 2.05) is 18.9 Å². The highest BCUT2D eigenvalue weighted by Gasteiger charge is 2.23. The average molecular weight is 295 g/mol. The predicted molar refractivity (Wildman–Crippen MR) is 74.8 cm³/mol. The van der Waals surface area contributed by atoms with E-state index in [2.05, 4.69) is 19.9 Å². The molecule has 1 saturated heterocycles. The standard InChI is InChI=1S/C13H21N5O3/c1-4-10-12(13(20)21-3)14-15-18(10)9-11(19)17-7-5-16(2)6-8-17/h4-9H2,1-3H3. The molecule has 8 heteroatoms. The van der Waals surface area contributed by atoms with Crippen LogP contribution in [0.3, 0.4) is 0 Å². The summed E-state index contributed by atoms with van der Waals surface area (Å²) in [5.74, 6) is -0.524. The molecule has 0 radical (unpaired) electrons. The molecular weight excluding hydrogens is 274 g/mol. The molecule has 1 amide bonds. The summed E-state index contributed by atoms with van der Waals surface area (Å²) in [6, 6.07) is 0. The topological polar surface area (TPSA) is 80.6 Å². The number of piperazine rings is 1. The van der Waals surface area contributed by atoms with E-state index >= 15 is 0 Å². The first-order valence-corrected chi connectivity index (χ1v) is 7.03. The van der Waals surface area contributed by atoms with Gasteiger partial charge in [0.25, 0.3) is 0 Å². The van der Waals surface area contributed by atoms with E-state index in [0.29, 0.717) is 12.1 Å². The average Bonchev–Trinajstić information content (AvgIpc) is 2.89. The number of methoxy groups -OCH3 is 1. The summed E-state index contributed by atoms with van der Waals surface area (Å²) in [6.45, 7) is 5.18. The van der Waals surface area contributed by atoms with Crippen LogP contribution in [0.1, 0.15) is 23.1 Å². The zero-order chi connectivity index (χ0) is 15.4. The highest BCUT2D eigenvalue weighted by Crippen LogP contribution is 2.09. The van der Waals surface area contributed by atoms with Crippen LogP contribution in [-0.4, -0.2) is 77.0 Å². The van der Waals surface area contributed by atoms with Crippen molar-refractivity contribution in [2.75, 3.05) is 40.3 Å². The van der Waals surface area contributed by atoms with E-state index in [1.165, 1.54) is 11.8 Å². The van der Waals surface area contributed by atoms with Crippen molar-refractivity contribution in [3.8, 4) is 0 Å². The monoisotopic (exact) mass is 295 g/mol. The normalized spacial score (nSPS) is 16.0. The van der Waals surface area contributed by atoms with Crippen molar-refractivity contribution in [2.24, 2.45) is 0 Å². The summed E-state index contributed by atoms with van der Waals surface area (Å²) in [7, 11) is 3.34. The van der Waals surface area contributed by atoms with Gasteiger partial charge in [0.2, 0.25) is 5.91 Å². The Morgan fingerprint density at radius 2 is 1.90 bits per heavy atom. The number of rotatable bonds is 4. The number of aromatic nitrogens is 3. The first-order valence-electron chi connectivity index (χ1n) is 7.03. The largest absolute Gasteiger partial charge is 0.464 e. The van der Waals surface area contributed by atoms with Crippen LogP contribution >= 0.6 is 0 Å². The van der Waals surface area contributed by atoms with Gasteiger partial charge in [0.05, 0.1) is 12.8 Å². The summed E-state index contributed by atoms with van der Waals surface area (Å²) in [5, 5.41) is 7.74. The van der Waals surface area contributed by atoms with Gasteiger partial charge in [-0.3, -0.25) is 4.79 Å². The molecule has 8 nitrogen and oxygen atoms in total. The molecule has 0 N–H and O–H groups in total. The molecule has 1 aromatic heterocycles. The Morgan fingerprint density at radius 3 is 2.48 bits per heavy atom. The first-order chi connectivity index (χ1) is 10.1. The second-order valence-corrected chi connectivity index (χ2v) is 5.07. The number of nitrogens with zero attached hydrogens (tertiary/aromatic N) is 5. The third-order valence-electron chi connectivity index (χ3n) is 3.69. The van der Waals surface area contributed by atoms with Crippen LogP contribution < -0.4 is 0 Å². The number of hydrogen-bond acceptors (Lipinski definition) is 6. The molecule has 0 aromatic carbocycles. The summed E-state index contributed by atoms with van der Waals surface area (Å²) >= 11 is 0. The van der Waals surface area contributed by atoms with Gasteiger partial charge in [0, 0.05) is 26.2 Å². The fourth-order valence-corrected chi connectivity index (χ4v) is 2.35. The molecule has 21 heavy (non-hydrogen) atoms. The number of ether oxygens (including phenoxy) is 1. The van der Waals surface area contributed by atoms with Crippen LogP contribution in [0.25, 0.3) is 0 Å². The fraction of sp³-hybridized carbons (Fsp3) is 0.692. The van der Waals surface area contributed by atoms with E-state index in [4.69, 9.17) is 0 Å². The molecule has 0 saturated carbocycles. The molecule has 0 aliphatic carbocycles. The maximum absolute atomic E-state index is 12.3. The molecule has 116 valence electrons. The maximum Gasteiger partial charge on any atom is 0.360 e. The Bertz CT molecular complexity index is 520. The second kappa shape index (κ2) is 6.66.